The molecular formula is C16H34N2O2. The minimum Gasteiger partial charge on any atom is -0.394 e. The molecule has 2 N–H and O–H groups in total. The first-order valence-corrected chi connectivity index (χ1v) is 8.16. The Hall–Kier alpha value is -0.160. The van der Waals surface area contributed by atoms with Crippen LogP contribution in [0.2, 0.25) is 0 Å². The van der Waals surface area contributed by atoms with Crippen LogP contribution >= 0.6 is 0 Å². The van der Waals surface area contributed by atoms with Crippen molar-refractivity contribution in [3.63, 3.8) is 0 Å². The number of hydrogen-bond acceptors (Lipinski definition) is 4. The predicted octanol–water partition coefficient (Wildman–Crippen LogP) is 2.02. The fraction of sp³-hybridized carbons (Fsp3) is 1.00. The van der Waals surface area contributed by atoms with Crippen LogP contribution in [0.4, 0.5) is 0 Å². The molecule has 4 heteroatoms. The second-order valence-electron chi connectivity index (χ2n) is 6.53. The molecule has 0 aromatic rings. The number of methoxy groups -OCH3 is 1. The van der Waals surface area contributed by atoms with Gasteiger partial charge in [-0.1, -0.05) is 6.92 Å². The van der Waals surface area contributed by atoms with Gasteiger partial charge in [-0.05, 0) is 52.5 Å². The summed E-state index contributed by atoms with van der Waals surface area (Å²) in [6.45, 7) is 9.76. The van der Waals surface area contributed by atoms with Crippen molar-refractivity contribution in [3.05, 3.63) is 0 Å². The summed E-state index contributed by atoms with van der Waals surface area (Å²) in [5.41, 5.74) is -0.108. The van der Waals surface area contributed by atoms with E-state index in [1.54, 1.807) is 7.11 Å². The van der Waals surface area contributed by atoms with Gasteiger partial charge in [-0.2, -0.15) is 0 Å². The van der Waals surface area contributed by atoms with Crippen molar-refractivity contribution in [2.24, 2.45) is 0 Å². The Morgan fingerprint density at radius 1 is 1.40 bits per heavy atom. The standard InChI is InChI=1S/C16H34N2O2/c1-5-14(2)18(11-12-20-4)10-6-9-16(3,13-19)17-15-7-8-15/h14-15,17,19H,5-13H2,1-4H3. The van der Waals surface area contributed by atoms with Crippen LogP contribution in [-0.4, -0.2) is 61.0 Å². The Balaban J connectivity index is 2.32. The van der Waals surface area contributed by atoms with Gasteiger partial charge in [0, 0.05) is 31.3 Å². The molecule has 0 radical (unpaired) electrons. The second-order valence-corrected chi connectivity index (χ2v) is 6.53. The SMILES string of the molecule is CCC(C)N(CCCC(C)(CO)NC1CC1)CCOC. The lowest BCUT2D eigenvalue weighted by Crippen LogP contribution is -2.47. The molecule has 20 heavy (non-hydrogen) atoms. The maximum Gasteiger partial charge on any atom is 0.0610 e. The monoisotopic (exact) mass is 286 g/mol. The van der Waals surface area contributed by atoms with E-state index in [9.17, 15) is 5.11 Å². The zero-order chi connectivity index (χ0) is 15.0. The predicted molar refractivity (Wildman–Crippen MR) is 84.1 cm³/mol. The summed E-state index contributed by atoms with van der Waals surface area (Å²) in [6.07, 6.45) is 5.84. The highest BCUT2D eigenvalue weighted by Gasteiger charge is 2.31. The Bertz CT molecular complexity index is 259. The molecule has 1 saturated carbocycles. The average Bonchev–Trinajstić information content (AvgIpc) is 3.25. The van der Waals surface area contributed by atoms with Crippen molar-refractivity contribution in [2.45, 2.75) is 70.5 Å². The molecule has 4 nitrogen and oxygen atoms in total. The minimum absolute atomic E-state index is 0.108. The molecule has 0 aromatic carbocycles. The normalized spacial score (nSPS) is 20.1. The number of aliphatic hydroxyl groups is 1. The van der Waals surface area contributed by atoms with Crippen LogP contribution < -0.4 is 5.32 Å². The molecule has 120 valence electrons. The Morgan fingerprint density at radius 2 is 2.10 bits per heavy atom. The summed E-state index contributed by atoms with van der Waals surface area (Å²) < 4.78 is 5.20. The zero-order valence-corrected chi connectivity index (χ0v) is 13.8. The Morgan fingerprint density at radius 3 is 2.60 bits per heavy atom. The number of aliphatic hydroxyl groups excluding tert-OH is 1. The van der Waals surface area contributed by atoms with Gasteiger partial charge in [0.15, 0.2) is 0 Å². The van der Waals surface area contributed by atoms with Gasteiger partial charge >= 0.3 is 0 Å². The van der Waals surface area contributed by atoms with Gasteiger partial charge in [0.1, 0.15) is 0 Å². The van der Waals surface area contributed by atoms with E-state index < -0.39 is 0 Å². The van der Waals surface area contributed by atoms with Crippen LogP contribution in [0.15, 0.2) is 0 Å². The lowest BCUT2D eigenvalue weighted by atomic mass is 9.96. The van der Waals surface area contributed by atoms with Crippen LogP contribution in [-0.2, 0) is 4.74 Å². The van der Waals surface area contributed by atoms with Gasteiger partial charge in [0.05, 0.1) is 13.2 Å². The van der Waals surface area contributed by atoms with Crippen LogP contribution in [0.5, 0.6) is 0 Å². The van der Waals surface area contributed by atoms with Crippen molar-refractivity contribution in [1.82, 2.24) is 10.2 Å². The van der Waals surface area contributed by atoms with Crippen molar-refractivity contribution >= 4 is 0 Å². The van der Waals surface area contributed by atoms with Crippen LogP contribution in [0, 0.1) is 0 Å². The van der Waals surface area contributed by atoms with Crippen LogP contribution in [0.1, 0.15) is 52.9 Å². The third-order valence-electron chi connectivity index (χ3n) is 4.45. The van der Waals surface area contributed by atoms with E-state index in [4.69, 9.17) is 4.74 Å². The molecule has 2 atom stereocenters. The summed E-state index contributed by atoms with van der Waals surface area (Å²) in [5, 5.41) is 13.2. The maximum atomic E-state index is 9.63. The summed E-state index contributed by atoms with van der Waals surface area (Å²) in [7, 11) is 1.76. The Kier molecular flexibility index (Phi) is 8.03. The molecule has 0 spiro atoms. The van der Waals surface area contributed by atoms with Crippen molar-refractivity contribution in [3.8, 4) is 0 Å². The van der Waals surface area contributed by atoms with Crippen molar-refractivity contribution < 1.29 is 9.84 Å². The lowest BCUT2D eigenvalue weighted by molar-refractivity contribution is 0.113. The summed E-state index contributed by atoms with van der Waals surface area (Å²) in [4.78, 5) is 2.50. The maximum absolute atomic E-state index is 9.63. The van der Waals surface area contributed by atoms with E-state index >= 15 is 0 Å². The molecule has 2 unspecified atom stereocenters. The van der Waals surface area contributed by atoms with Crippen LogP contribution in [0.3, 0.4) is 0 Å². The van der Waals surface area contributed by atoms with Crippen LogP contribution in [0.25, 0.3) is 0 Å². The highest BCUT2D eigenvalue weighted by molar-refractivity contribution is 4.92. The van der Waals surface area contributed by atoms with E-state index in [0.717, 1.165) is 32.5 Å². The minimum atomic E-state index is -0.108. The largest absolute Gasteiger partial charge is 0.394 e. The van der Waals surface area contributed by atoms with E-state index in [2.05, 4.69) is 31.0 Å². The van der Waals surface area contributed by atoms with E-state index in [0.29, 0.717) is 12.1 Å². The number of rotatable bonds is 12. The third kappa shape index (κ3) is 6.53. The highest BCUT2D eigenvalue weighted by atomic mass is 16.5. The molecule has 0 aromatic heterocycles. The number of hydrogen-bond donors (Lipinski definition) is 2. The molecule has 0 aliphatic heterocycles. The van der Waals surface area contributed by atoms with Gasteiger partial charge in [-0.25, -0.2) is 0 Å². The van der Waals surface area contributed by atoms with E-state index in [-0.39, 0.29) is 12.1 Å². The molecule has 1 aliphatic rings. The molecule has 1 aliphatic carbocycles. The molecular weight excluding hydrogens is 252 g/mol. The fourth-order valence-corrected chi connectivity index (χ4v) is 2.61. The van der Waals surface area contributed by atoms with Gasteiger partial charge in [0.2, 0.25) is 0 Å². The topological polar surface area (TPSA) is 44.7 Å². The highest BCUT2D eigenvalue weighted by Crippen LogP contribution is 2.24. The molecule has 1 fully saturated rings. The van der Waals surface area contributed by atoms with Gasteiger partial charge in [-0.15, -0.1) is 0 Å². The van der Waals surface area contributed by atoms with Gasteiger partial charge in [0.25, 0.3) is 0 Å². The smallest absolute Gasteiger partial charge is 0.0610 e. The summed E-state index contributed by atoms with van der Waals surface area (Å²) >= 11 is 0. The van der Waals surface area contributed by atoms with E-state index in [1.807, 2.05) is 0 Å². The molecule has 0 saturated heterocycles. The first kappa shape index (κ1) is 17.9. The quantitative estimate of drug-likeness (QED) is 0.576. The number of nitrogens with one attached hydrogen (secondary N) is 1. The van der Waals surface area contributed by atoms with Gasteiger partial charge < -0.3 is 15.2 Å². The van der Waals surface area contributed by atoms with Crippen molar-refractivity contribution in [2.75, 3.05) is 33.4 Å². The fourth-order valence-electron chi connectivity index (χ4n) is 2.61. The molecule has 0 heterocycles. The van der Waals surface area contributed by atoms with E-state index in [1.165, 1.54) is 19.3 Å². The third-order valence-corrected chi connectivity index (χ3v) is 4.45. The average molecular weight is 286 g/mol. The van der Waals surface area contributed by atoms with Crippen molar-refractivity contribution in [1.29, 1.82) is 0 Å². The molecule has 1 rings (SSSR count). The zero-order valence-electron chi connectivity index (χ0n) is 13.8. The summed E-state index contributed by atoms with van der Waals surface area (Å²) in [5.74, 6) is 0. The first-order chi connectivity index (χ1) is 9.54. The second kappa shape index (κ2) is 8.98. The molecule has 0 bridgehead atoms. The first-order valence-electron chi connectivity index (χ1n) is 8.16. The number of ether oxygens (including phenoxy) is 1. The Labute approximate surface area is 124 Å². The van der Waals surface area contributed by atoms with Gasteiger partial charge in [-0.3, -0.25) is 4.90 Å². The lowest BCUT2D eigenvalue weighted by Gasteiger charge is -2.32. The summed E-state index contributed by atoms with van der Waals surface area (Å²) in [6, 6.07) is 1.24. The number of nitrogens with zero attached hydrogens (tertiary/aromatic N) is 1. The molecule has 0 amide bonds.